The van der Waals surface area contributed by atoms with Gasteiger partial charge in [-0.25, -0.2) is 4.98 Å². The maximum atomic E-state index is 12.0. The minimum Gasteiger partial charge on any atom is -0.462 e. The molecule has 0 saturated carbocycles. The number of rotatable bonds is 4. The van der Waals surface area contributed by atoms with Crippen LogP contribution in [0.1, 0.15) is 16.1 Å². The van der Waals surface area contributed by atoms with Gasteiger partial charge in [-0.2, -0.15) is 0 Å². The normalized spacial score (nSPS) is 10.5. The Labute approximate surface area is 156 Å². The molecule has 0 atom stereocenters. The van der Waals surface area contributed by atoms with Crippen LogP contribution in [0.5, 0.6) is 0 Å². The third-order valence-electron chi connectivity index (χ3n) is 3.11. The molecule has 2 aromatic heterocycles. The quantitative estimate of drug-likeness (QED) is 0.659. The number of benzene rings is 1. The Morgan fingerprint density at radius 3 is 2.80 bits per heavy atom. The Balaban J connectivity index is 1.56. The van der Waals surface area contributed by atoms with E-state index < -0.39 is 11.8 Å². The second kappa shape index (κ2) is 7.69. The molecule has 2 N–H and O–H groups in total. The average molecular weight is 396 g/mol. The van der Waals surface area contributed by atoms with Gasteiger partial charge >= 0.3 is 0 Å². The lowest BCUT2D eigenvalue weighted by Gasteiger charge is -2.08. The fourth-order valence-electron chi connectivity index (χ4n) is 1.98. The lowest BCUT2D eigenvalue weighted by molar-refractivity contribution is -0.121. The van der Waals surface area contributed by atoms with Crippen molar-refractivity contribution in [1.82, 2.24) is 15.8 Å². The van der Waals surface area contributed by atoms with E-state index in [1.807, 2.05) is 0 Å². The Morgan fingerprint density at radius 1 is 1.20 bits per heavy atom. The van der Waals surface area contributed by atoms with Crippen LogP contribution < -0.4 is 10.9 Å². The molecule has 0 unspecified atom stereocenters. The average Bonchev–Trinajstić information content (AvgIpc) is 3.26. The number of hydrazine groups is 1. The molecule has 0 aliphatic carbocycles. The predicted octanol–water partition coefficient (Wildman–Crippen LogP) is 3.71. The van der Waals surface area contributed by atoms with Crippen LogP contribution in [-0.4, -0.2) is 16.8 Å². The fourth-order valence-corrected chi connectivity index (χ4v) is 3.14. The Morgan fingerprint density at radius 2 is 2.04 bits per heavy atom. The number of furan rings is 1. The van der Waals surface area contributed by atoms with E-state index in [9.17, 15) is 9.59 Å². The summed E-state index contributed by atoms with van der Waals surface area (Å²) in [5, 5.41) is 3.04. The fraction of sp³-hybridized carbons (Fsp3) is 0.0625. The highest BCUT2D eigenvalue weighted by Gasteiger charge is 2.14. The number of hydrogen-bond donors (Lipinski definition) is 2. The maximum Gasteiger partial charge on any atom is 0.271 e. The molecule has 128 valence electrons. The molecule has 0 bridgehead atoms. The topological polar surface area (TPSA) is 84.2 Å². The van der Waals surface area contributed by atoms with Gasteiger partial charge in [-0.05, 0) is 30.3 Å². The van der Waals surface area contributed by atoms with E-state index in [0.29, 0.717) is 21.5 Å². The summed E-state index contributed by atoms with van der Waals surface area (Å²) in [6.45, 7) is 0. The zero-order chi connectivity index (χ0) is 17.8. The molecule has 0 aliphatic heterocycles. The first-order chi connectivity index (χ1) is 12.0. The van der Waals surface area contributed by atoms with Crippen LogP contribution in [-0.2, 0) is 11.2 Å². The van der Waals surface area contributed by atoms with Crippen LogP contribution in [0.3, 0.4) is 0 Å². The lowest BCUT2D eigenvalue weighted by atomic mass is 10.2. The summed E-state index contributed by atoms with van der Waals surface area (Å²) in [5.41, 5.74) is 5.36. The zero-order valence-electron chi connectivity index (χ0n) is 12.6. The van der Waals surface area contributed by atoms with Gasteiger partial charge in [-0.1, -0.05) is 23.2 Å². The SMILES string of the molecule is O=C(Cc1csc(-c2ccco2)n1)NNC(=O)c1cc(Cl)ccc1Cl. The molecule has 0 aliphatic rings. The lowest BCUT2D eigenvalue weighted by Crippen LogP contribution is -2.42. The van der Waals surface area contributed by atoms with Crippen molar-refractivity contribution in [2.45, 2.75) is 6.42 Å². The molecular weight excluding hydrogens is 385 g/mol. The minimum atomic E-state index is -0.560. The smallest absolute Gasteiger partial charge is 0.271 e. The van der Waals surface area contributed by atoms with Crippen LogP contribution in [0, 0.1) is 0 Å². The van der Waals surface area contributed by atoms with Crippen molar-refractivity contribution in [1.29, 1.82) is 0 Å². The van der Waals surface area contributed by atoms with E-state index in [-0.39, 0.29) is 17.0 Å². The Hall–Kier alpha value is -2.35. The zero-order valence-corrected chi connectivity index (χ0v) is 14.9. The van der Waals surface area contributed by atoms with Crippen LogP contribution in [0.25, 0.3) is 10.8 Å². The standard InChI is InChI=1S/C16H11Cl2N3O3S/c17-9-3-4-12(18)11(6-9)15(23)21-20-14(22)7-10-8-25-16(19-10)13-2-1-5-24-13/h1-6,8H,7H2,(H,20,22)(H,21,23). The molecule has 3 aromatic rings. The Bertz CT molecular complexity index is 909. The van der Waals surface area contributed by atoms with Gasteiger partial charge < -0.3 is 4.42 Å². The number of nitrogens with zero attached hydrogens (tertiary/aromatic N) is 1. The highest BCUT2D eigenvalue weighted by molar-refractivity contribution is 7.13. The van der Waals surface area contributed by atoms with E-state index in [1.54, 1.807) is 29.8 Å². The third kappa shape index (κ3) is 4.39. The second-order valence-electron chi connectivity index (χ2n) is 4.92. The summed E-state index contributed by atoms with van der Waals surface area (Å²) in [7, 11) is 0. The number of thiazole rings is 1. The molecule has 25 heavy (non-hydrogen) atoms. The van der Waals surface area contributed by atoms with Gasteiger partial charge in [-0.15, -0.1) is 11.3 Å². The van der Waals surface area contributed by atoms with Crippen molar-refractivity contribution in [2.24, 2.45) is 0 Å². The van der Waals surface area contributed by atoms with Crippen LogP contribution >= 0.6 is 34.5 Å². The van der Waals surface area contributed by atoms with Gasteiger partial charge in [0.15, 0.2) is 10.8 Å². The second-order valence-corrected chi connectivity index (χ2v) is 6.63. The summed E-state index contributed by atoms with van der Waals surface area (Å²) in [5.74, 6) is -0.334. The van der Waals surface area contributed by atoms with Gasteiger partial charge in [-0.3, -0.25) is 20.4 Å². The van der Waals surface area contributed by atoms with Crippen molar-refractivity contribution >= 4 is 46.4 Å². The number of amides is 2. The van der Waals surface area contributed by atoms with Gasteiger partial charge in [0.1, 0.15) is 0 Å². The summed E-state index contributed by atoms with van der Waals surface area (Å²) < 4.78 is 5.25. The first-order valence-electron chi connectivity index (χ1n) is 7.05. The number of halogens is 2. The number of hydrogen-bond acceptors (Lipinski definition) is 5. The van der Waals surface area contributed by atoms with E-state index >= 15 is 0 Å². The largest absolute Gasteiger partial charge is 0.462 e. The highest BCUT2D eigenvalue weighted by atomic mass is 35.5. The third-order valence-corrected chi connectivity index (χ3v) is 4.58. The highest BCUT2D eigenvalue weighted by Crippen LogP contribution is 2.24. The molecular formula is C16H11Cl2N3O3S. The van der Waals surface area contributed by atoms with Gasteiger partial charge in [0.2, 0.25) is 5.91 Å². The molecule has 2 heterocycles. The summed E-state index contributed by atoms with van der Waals surface area (Å²) in [4.78, 5) is 28.3. The molecule has 0 saturated heterocycles. The van der Waals surface area contributed by atoms with Crippen molar-refractivity contribution in [3.05, 3.63) is 63.3 Å². The van der Waals surface area contributed by atoms with Crippen LogP contribution in [0.4, 0.5) is 0 Å². The van der Waals surface area contributed by atoms with E-state index in [4.69, 9.17) is 27.6 Å². The Kier molecular flexibility index (Phi) is 5.37. The molecule has 1 aromatic carbocycles. The summed E-state index contributed by atoms with van der Waals surface area (Å²) >= 11 is 13.1. The van der Waals surface area contributed by atoms with Crippen molar-refractivity contribution in [3.8, 4) is 10.8 Å². The molecule has 3 rings (SSSR count). The molecule has 9 heteroatoms. The van der Waals surface area contributed by atoms with Crippen molar-refractivity contribution < 1.29 is 14.0 Å². The first kappa shape index (κ1) is 17.5. The van der Waals surface area contributed by atoms with E-state index in [1.165, 1.54) is 23.5 Å². The first-order valence-corrected chi connectivity index (χ1v) is 8.69. The molecule has 0 fully saturated rings. The number of aromatic nitrogens is 1. The van der Waals surface area contributed by atoms with Gasteiger partial charge in [0.25, 0.3) is 5.91 Å². The number of carbonyl (C=O) groups excluding carboxylic acids is 2. The summed E-state index contributed by atoms with van der Waals surface area (Å²) in [6, 6.07) is 8.04. The molecule has 0 spiro atoms. The molecule has 2 amide bonds. The predicted molar refractivity (Wildman–Crippen MR) is 95.6 cm³/mol. The minimum absolute atomic E-state index is 0.0146. The summed E-state index contributed by atoms with van der Waals surface area (Å²) in [6.07, 6.45) is 1.57. The molecule has 6 nitrogen and oxygen atoms in total. The number of carbonyl (C=O) groups is 2. The van der Waals surface area contributed by atoms with Crippen molar-refractivity contribution in [2.75, 3.05) is 0 Å². The van der Waals surface area contributed by atoms with Gasteiger partial charge in [0.05, 0.1) is 29.0 Å². The van der Waals surface area contributed by atoms with Crippen LogP contribution in [0.2, 0.25) is 10.0 Å². The van der Waals surface area contributed by atoms with Crippen molar-refractivity contribution in [3.63, 3.8) is 0 Å². The van der Waals surface area contributed by atoms with E-state index in [0.717, 1.165) is 0 Å². The van der Waals surface area contributed by atoms with E-state index in [2.05, 4.69) is 15.8 Å². The van der Waals surface area contributed by atoms with Crippen LogP contribution in [0.15, 0.2) is 46.4 Å². The maximum absolute atomic E-state index is 12.0. The number of nitrogens with one attached hydrogen (secondary N) is 2. The molecule has 0 radical (unpaired) electrons. The monoisotopic (exact) mass is 395 g/mol. The van der Waals surface area contributed by atoms with Gasteiger partial charge in [0, 0.05) is 10.4 Å².